The third-order valence-electron chi connectivity index (χ3n) is 6.56. The number of hydrogen-bond donors (Lipinski definition) is 2. The minimum atomic E-state index is -0.889. The summed E-state index contributed by atoms with van der Waals surface area (Å²) in [5, 5.41) is 5.54. The molecule has 2 heterocycles. The van der Waals surface area contributed by atoms with Crippen LogP contribution in [0.1, 0.15) is 51.5 Å². The molecule has 35 heavy (non-hydrogen) atoms. The molecule has 10 heteroatoms. The van der Waals surface area contributed by atoms with Crippen molar-refractivity contribution in [2.45, 2.75) is 59.2 Å². The number of aromatic nitrogens is 2. The first kappa shape index (κ1) is 26.3. The Kier molecular flexibility index (Phi) is 8.58. The molecule has 1 aromatic heterocycles. The molecule has 2 N–H and O–H groups in total. The molecule has 1 fully saturated rings. The van der Waals surface area contributed by atoms with Crippen molar-refractivity contribution in [3.05, 3.63) is 36.4 Å². The van der Waals surface area contributed by atoms with Gasteiger partial charge in [-0.15, -0.1) is 0 Å². The van der Waals surface area contributed by atoms with Gasteiger partial charge in [0.25, 0.3) is 5.91 Å². The normalized spacial score (nSPS) is 22.6. The van der Waals surface area contributed by atoms with E-state index in [9.17, 15) is 19.2 Å². The first-order valence-corrected chi connectivity index (χ1v) is 12.2. The van der Waals surface area contributed by atoms with Gasteiger partial charge in [-0.25, -0.2) is 9.78 Å². The van der Waals surface area contributed by atoms with E-state index in [0.29, 0.717) is 13.0 Å². The van der Waals surface area contributed by atoms with E-state index < -0.39 is 35.9 Å². The molecule has 0 aromatic carbocycles. The second-order valence-corrected chi connectivity index (χ2v) is 9.70. The minimum Gasteiger partial charge on any atom is -0.464 e. The van der Waals surface area contributed by atoms with Gasteiger partial charge in [-0.05, 0) is 25.2 Å². The van der Waals surface area contributed by atoms with E-state index >= 15 is 0 Å². The molecular weight excluding hydrogens is 450 g/mol. The zero-order chi connectivity index (χ0) is 25.7. The first-order chi connectivity index (χ1) is 16.6. The molecule has 0 spiro atoms. The van der Waals surface area contributed by atoms with Crippen LogP contribution in [0.2, 0.25) is 0 Å². The van der Waals surface area contributed by atoms with Gasteiger partial charge in [0, 0.05) is 30.8 Å². The van der Waals surface area contributed by atoms with Crippen LogP contribution in [0.3, 0.4) is 0 Å². The van der Waals surface area contributed by atoms with Crippen molar-refractivity contribution < 1.29 is 23.9 Å². The van der Waals surface area contributed by atoms with Crippen molar-refractivity contribution in [3.63, 3.8) is 0 Å². The number of carbonyl (C=O) groups excluding carboxylic acids is 4. The molecule has 1 aliphatic heterocycles. The smallest absolute Gasteiger partial charge is 0.329 e. The number of amides is 3. The molecule has 190 valence electrons. The van der Waals surface area contributed by atoms with Crippen molar-refractivity contribution in [2.24, 2.45) is 23.7 Å². The lowest BCUT2D eigenvalue weighted by molar-refractivity contribution is -0.155. The molecule has 1 unspecified atom stereocenters. The lowest BCUT2D eigenvalue weighted by Crippen LogP contribution is -2.59. The molecule has 3 amide bonds. The molecule has 2 aliphatic rings. The maximum atomic E-state index is 13.7. The van der Waals surface area contributed by atoms with E-state index in [2.05, 4.69) is 20.6 Å². The van der Waals surface area contributed by atoms with E-state index in [-0.39, 0.29) is 41.9 Å². The van der Waals surface area contributed by atoms with Crippen LogP contribution in [-0.4, -0.2) is 69.8 Å². The summed E-state index contributed by atoms with van der Waals surface area (Å²) in [4.78, 5) is 61.7. The van der Waals surface area contributed by atoms with Gasteiger partial charge in [-0.1, -0.05) is 39.8 Å². The summed E-state index contributed by atoms with van der Waals surface area (Å²) in [6.45, 7) is 9.65. The fourth-order valence-electron chi connectivity index (χ4n) is 4.72. The Hall–Kier alpha value is -3.30. The molecule has 1 aliphatic carbocycles. The van der Waals surface area contributed by atoms with Gasteiger partial charge in [-0.2, -0.15) is 0 Å². The predicted molar refractivity (Wildman–Crippen MR) is 128 cm³/mol. The number of nitrogens with zero attached hydrogens (tertiary/aromatic N) is 3. The molecule has 1 saturated heterocycles. The summed E-state index contributed by atoms with van der Waals surface area (Å²) in [5.74, 6) is -2.16. The Balaban J connectivity index is 1.77. The average molecular weight is 486 g/mol. The lowest BCUT2D eigenvalue weighted by Gasteiger charge is -2.32. The van der Waals surface area contributed by atoms with Crippen molar-refractivity contribution >= 4 is 23.7 Å². The summed E-state index contributed by atoms with van der Waals surface area (Å²) >= 11 is 0. The zero-order valence-corrected chi connectivity index (χ0v) is 20.9. The number of esters is 1. The van der Waals surface area contributed by atoms with Gasteiger partial charge in [0.2, 0.25) is 11.8 Å². The van der Waals surface area contributed by atoms with E-state index in [4.69, 9.17) is 4.74 Å². The van der Waals surface area contributed by atoms with Crippen LogP contribution in [0.15, 0.2) is 30.7 Å². The van der Waals surface area contributed by atoms with Gasteiger partial charge in [0.15, 0.2) is 0 Å². The number of nitrogens with one attached hydrogen (secondary N) is 2. The fourth-order valence-corrected chi connectivity index (χ4v) is 4.72. The van der Waals surface area contributed by atoms with Crippen LogP contribution in [-0.2, 0) is 19.1 Å². The minimum absolute atomic E-state index is 0.0174. The van der Waals surface area contributed by atoms with Crippen molar-refractivity contribution in [1.82, 2.24) is 25.5 Å². The van der Waals surface area contributed by atoms with Gasteiger partial charge in [0.05, 0.1) is 12.8 Å². The van der Waals surface area contributed by atoms with Gasteiger partial charge in [-0.3, -0.25) is 19.4 Å². The Morgan fingerprint density at radius 2 is 1.80 bits per heavy atom. The molecular formula is C25H35N5O5. The third kappa shape index (κ3) is 5.86. The zero-order valence-electron chi connectivity index (χ0n) is 20.9. The maximum Gasteiger partial charge on any atom is 0.329 e. The van der Waals surface area contributed by atoms with Crippen LogP contribution >= 0.6 is 0 Å². The van der Waals surface area contributed by atoms with Crippen LogP contribution in [0.5, 0.6) is 0 Å². The van der Waals surface area contributed by atoms with E-state index in [1.165, 1.54) is 18.6 Å². The average Bonchev–Trinajstić information content (AvgIpc) is 3.42. The summed E-state index contributed by atoms with van der Waals surface area (Å²) in [6.07, 6.45) is 8.96. The van der Waals surface area contributed by atoms with Crippen molar-refractivity contribution in [1.29, 1.82) is 0 Å². The Bertz CT molecular complexity index is 964. The Morgan fingerprint density at radius 1 is 1.09 bits per heavy atom. The molecule has 10 nitrogen and oxygen atoms in total. The van der Waals surface area contributed by atoms with Crippen molar-refractivity contribution in [2.75, 3.05) is 13.2 Å². The van der Waals surface area contributed by atoms with E-state index in [1.54, 1.807) is 25.7 Å². The number of rotatable bonds is 9. The topological polar surface area (TPSA) is 131 Å². The third-order valence-corrected chi connectivity index (χ3v) is 6.56. The van der Waals surface area contributed by atoms with Gasteiger partial charge < -0.3 is 20.3 Å². The highest BCUT2D eigenvalue weighted by Crippen LogP contribution is 2.39. The first-order valence-electron chi connectivity index (χ1n) is 12.2. The van der Waals surface area contributed by atoms with Crippen LogP contribution in [0.25, 0.3) is 0 Å². The quantitative estimate of drug-likeness (QED) is 0.399. The van der Waals surface area contributed by atoms with E-state index in [1.807, 2.05) is 26.0 Å². The largest absolute Gasteiger partial charge is 0.464 e. The second-order valence-electron chi connectivity index (χ2n) is 9.70. The molecule has 0 radical (unpaired) electrons. The molecule has 0 saturated carbocycles. The van der Waals surface area contributed by atoms with Gasteiger partial charge >= 0.3 is 5.97 Å². The second kappa shape index (κ2) is 11.4. The van der Waals surface area contributed by atoms with Crippen molar-refractivity contribution in [3.8, 4) is 0 Å². The lowest BCUT2D eigenvalue weighted by atomic mass is 9.93. The number of likely N-dealkylation sites (tertiary alicyclic amines) is 1. The highest BCUT2D eigenvalue weighted by molar-refractivity contribution is 5.97. The number of fused-ring (bicyclic) bond motifs is 1. The predicted octanol–water partition coefficient (Wildman–Crippen LogP) is 1.34. The number of allylic oxidation sites excluding steroid dienone is 1. The molecule has 5 atom stereocenters. The van der Waals surface area contributed by atoms with Crippen LogP contribution in [0.4, 0.5) is 0 Å². The van der Waals surface area contributed by atoms with E-state index in [0.717, 1.165) is 0 Å². The fraction of sp³-hybridized carbons (Fsp3) is 0.600. The van der Waals surface area contributed by atoms with Crippen LogP contribution in [0, 0.1) is 23.7 Å². The molecule has 1 aromatic rings. The van der Waals surface area contributed by atoms with Crippen LogP contribution < -0.4 is 10.6 Å². The summed E-state index contributed by atoms with van der Waals surface area (Å²) in [7, 11) is 0. The standard InChI is InChI=1S/C25H35N5O5/c1-6-35-25(34)21-17-9-7-8-16(17)13-30(21)24(33)20(15(4)5)29-23(32)19(14(2)3)28-22(31)18-12-26-10-11-27-18/h7-8,10-12,14-17,19-21H,6,9,13H2,1-5H3,(H,28,31)(H,29,32)/t16-,17-,19+,20-,21?/m0/s1. The SMILES string of the molecule is CCOC(=O)C1[C@H]2CC=C[C@H]2CN1C(=O)[C@@H](NC(=O)[C@H](NC(=O)c1cnccn1)C(C)C)C(C)C. The summed E-state index contributed by atoms with van der Waals surface area (Å²) < 4.78 is 5.28. The number of hydrogen-bond acceptors (Lipinski definition) is 7. The molecule has 3 rings (SSSR count). The highest BCUT2D eigenvalue weighted by atomic mass is 16.5. The Morgan fingerprint density at radius 3 is 2.40 bits per heavy atom. The molecule has 0 bridgehead atoms. The Labute approximate surface area is 205 Å². The maximum absolute atomic E-state index is 13.7. The number of ether oxygens (including phenoxy) is 1. The summed E-state index contributed by atoms with van der Waals surface area (Å²) in [6, 6.07) is -2.44. The highest BCUT2D eigenvalue weighted by Gasteiger charge is 2.50. The summed E-state index contributed by atoms with van der Waals surface area (Å²) in [5.41, 5.74) is 0.0939. The monoisotopic (exact) mass is 485 g/mol. The number of carbonyl (C=O) groups is 4. The van der Waals surface area contributed by atoms with Gasteiger partial charge in [0.1, 0.15) is 23.8 Å².